The van der Waals surface area contributed by atoms with Crippen LogP contribution in [0.4, 0.5) is 0 Å². The van der Waals surface area contributed by atoms with E-state index >= 15 is 0 Å². The predicted octanol–water partition coefficient (Wildman–Crippen LogP) is 3.20. The smallest absolute Gasteiger partial charge is 0.176 e. The van der Waals surface area contributed by atoms with E-state index in [1.54, 1.807) is 13.4 Å². The van der Waals surface area contributed by atoms with E-state index in [0.29, 0.717) is 0 Å². The van der Waals surface area contributed by atoms with E-state index in [2.05, 4.69) is 15.9 Å². The standard InChI is InChI=1S/C9H7BrO2/c1-11-8-4-2-3-6-7(10)5-12-9(6)8/h2-5H,1H3. The molecule has 0 radical (unpaired) electrons. The second kappa shape index (κ2) is 2.83. The summed E-state index contributed by atoms with van der Waals surface area (Å²) in [4.78, 5) is 0. The lowest BCUT2D eigenvalue weighted by Crippen LogP contribution is -1.81. The Hall–Kier alpha value is -0.960. The van der Waals surface area contributed by atoms with E-state index in [1.165, 1.54) is 0 Å². The molecule has 0 spiro atoms. The fraction of sp³-hybridized carbons (Fsp3) is 0.111. The highest BCUT2D eigenvalue weighted by atomic mass is 79.9. The maximum Gasteiger partial charge on any atom is 0.176 e. The van der Waals surface area contributed by atoms with Crippen molar-refractivity contribution in [2.45, 2.75) is 0 Å². The summed E-state index contributed by atoms with van der Waals surface area (Å²) in [6.45, 7) is 0. The highest BCUT2D eigenvalue weighted by molar-refractivity contribution is 9.10. The third-order valence-corrected chi connectivity index (χ3v) is 2.35. The molecular formula is C9H7BrO2. The normalized spacial score (nSPS) is 10.5. The number of rotatable bonds is 1. The van der Waals surface area contributed by atoms with Gasteiger partial charge in [0.1, 0.15) is 6.26 Å². The topological polar surface area (TPSA) is 22.4 Å². The first-order valence-electron chi connectivity index (χ1n) is 3.52. The van der Waals surface area contributed by atoms with Crippen molar-refractivity contribution in [3.05, 3.63) is 28.9 Å². The van der Waals surface area contributed by atoms with Crippen molar-refractivity contribution in [1.29, 1.82) is 0 Å². The highest BCUT2D eigenvalue weighted by Crippen LogP contribution is 2.32. The van der Waals surface area contributed by atoms with Gasteiger partial charge in [-0.3, -0.25) is 0 Å². The highest BCUT2D eigenvalue weighted by Gasteiger charge is 2.06. The Balaban J connectivity index is 2.81. The number of hydrogen-bond acceptors (Lipinski definition) is 2. The molecule has 0 aliphatic carbocycles. The molecule has 2 aromatic rings. The van der Waals surface area contributed by atoms with Gasteiger partial charge in [-0.15, -0.1) is 0 Å². The molecule has 3 heteroatoms. The first kappa shape index (κ1) is 7.68. The lowest BCUT2D eigenvalue weighted by atomic mass is 10.2. The second-order valence-electron chi connectivity index (χ2n) is 2.42. The van der Waals surface area contributed by atoms with Gasteiger partial charge in [0.05, 0.1) is 11.6 Å². The van der Waals surface area contributed by atoms with E-state index in [4.69, 9.17) is 9.15 Å². The van der Waals surface area contributed by atoms with Gasteiger partial charge in [-0.2, -0.15) is 0 Å². The van der Waals surface area contributed by atoms with Gasteiger partial charge in [0.15, 0.2) is 11.3 Å². The van der Waals surface area contributed by atoms with E-state index < -0.39 is 0 Å². The average Bonchev–Trinajstić information content (AvgIpc) is 2.48. The van der Waals surface area contributed by atoms with Gasteiger partial charge in [0.2, 0.25) is 0 Å². The SMILES string of the molecule is COc1cccc2c(Br)coc12. The van der Waals surface area contributed by atoms with Crippen molar-refractivity contribution in [2.75, 3.05) is 7.11 Å². The predicted molar refractivity (Wildman–Crippen MR) is 50.5 cm³/mol. The van der Waals surface area contributed by atoms with Gasteiger partial charge in [0, 0.05) is 5.39 Å². The third-order valence-electron chi connectivity index (χ3n) is 1.74. The van der Waals surface area contributed by atoms with E-state index in [0.717, 1.165) is 21.2 Å². The number of fused-ring (bicyclic) bond motifs is 1. The Labute approximate surface area is 78.3 Å². The van der Waals surface area contributed by atoms with Crippen LogP contribution in [0.25, 0.3) is 11.0 Å². The van der Waals surface area contributed by atoms with Gasteiger partial charge >= 0.3 is 0 Å². The Kier molecular flexibility index (Phi) is 1.81. The lowest BCUT2D eigenvalue weighted by Gasteiger charge is -1.98. The molecular weight excluding hydrogens is 220 g/mol. The van der Waals surface area contributed by atoms with Crippen LogP contribution in [-0.2, 0) is 0 Å². The molecule has 2 nitrogen and oxygen atoms in total. The van der Waals surface area contributed by atoms with E-state index in [-0.39, 0.29) is 0 Å². The van der Waals surface area contributed by atoms with Crippen LogP contribution in [0.5, 0.6) is 5.75 Å². The van der Waals surface area contributed by atoms with E-state index in [9.17, 15) is 0 Å². The Morgan fingerprint density at radius 1 is 1.42 bits per heavy atom. The van der Waals surface area contributed by atoms with Crippen molar-refractivity contribution >= 4 is 26.9 Å². The number of ether oxygens (including phenoxy) is 1. The van der Waals surface area contributed by atoms with Gasteiger partial charge in [-0.25, -0.2) is 0 Å². The monoisotopic (exact) mass is 226 g/mol. The molecule has 0 aliphatic rings. The Morgan fingerprint density at radius 3 is 3.00 bits per heavy atom. The maximum absolute atomic E-state index is 5.30. The molecule has 0 unspecified atom stereocenters. The molecule has 0 aliphatic heterocycles. The van der Waals surface area contributed by atoms with Crippen LogP contribution in [0.15, 0.2) is 33.4 Å². The fourth-order valence-corrected chi connectivity index (χ4v) is 1.57. The zero-order chi connectivity index (χ0) is 8.55. The molecule has 12 heavy (non-hydrogen) atoms. The number of halogens is 1. The first-order chi connectivity index (χ1) is 5.83. The zero-order valence-electron chi connectivity index (χ0n) is 6.50. The molecule has 1 aromatic heterocycles. The van der Waals surface area contributed by atoms with Gasteiger partial charge in [-0.1, -0.05) is 6.07 Å². The summed E-state index contributed by atoms with van der Waals surface area (Å²) in [7, 11) is 1.63. The Morgan fingerprint density at radius 2 is 2.25 bits per heavy atom. The summed E-state index contributed by atoms with van der Waals surface area (Å²) < 4.78 is 11.4. The Bertz CT molecular complexity index is 406. The van der Waals surface area contributed by atoms with Crippen LogP contribution >= 0.6 is 15.9 Å². The van der Waals surface area contributed by atoms with Crippen molar-refractivity contribution in [1.82, 2.24) is 0 Å². The van der Waals surface area contributed by atoms with Crippen molar-refractivity contribution in [3.8, 4) is 5.75 Å². The molecule has 62 valence electrons. The van der Waals surface area contributed by atoms with Crippen molar-refractivity contribution in [3.63, 3.8) is 0 Å². The number of methoxy groups -OCH3 is 1. The number of furan rings is 1. The minimum Gasteiger partial charge on any atom is -0.493 e. The summed E-state index contributed by atoms with van der Waals surface area (Å²) in [6, 6.07) is 5.78. The van der Waals surface area contributed by atoms with Gasteiger partial charge in [-0.05, 0) is 28.1 Å². The molecule has 0 N–H and O–H groups in total. The fourth-order valence-electron chi connectivity index (χ4n) is 1.16. The van der Waals surface area contributed by atoms with Gasteiger partial charge in [0.25, 0.3) is 0 Å². The molecule has 0 saturated carbocycles. The minimum absolute atomic E-state index is 0.762. The number of para-hydroxylation sites is 1. The average molecular weight is 227 g/mol. The van der Waals surface area contributed by atoms with Crippen LogP contribution < -0.4 is 4.74 Å². The quantitative estimate of drug-likeness (QED) is 0.746. The van der Waals surface area contributed by atoms with E-state index in [1.807, 2.05) is 18.2 Å². The minimum atomic E-state index is 0.762. The molecule has 0 atom stereocenters. The third kappa shape index (κ3) is 1.01. The van der Waals surface area contributed by atoms with Crippen molar-refractivity contribution < 1.29 is 9.15 Å². The second-order valence-corrected chi connectivity index (χ2v) is 3.27. The molecule has 0 amide bonds. The zero-order valence-corrected chi connectivity index (χ0v) is 8.09. The molecule has 2 rings (SSSR count). The van der Waals surface area contributed by atoms with Crippen LogP contribution in [0.3, 0.4) is 0 Å². The largest absolute Gasteiger partial charge is 0.493 e. The summed E-state index contributed by atoms with van der Waals surface area (Å²) in [6.07, 6.45) is 1.66. The summed E-state index contributed by atoms with van der Waals surface area (Å²) in [5, 5.41) is 1.04. The molecule has 0 fully saturated rings. The number of hydrogen-bond donors (Lipinski definition) is 0. The lowest BCUT2D eigenvalue weighted by molar-refractivity contribution is 0.410. The molecule has 1 aromatic carbocycles. The van der Waals surface area contributed by atoms with Crippen LogP contribution in [0.1, 0.15) is 0 Å². The summed E-state index contributed by atoms with van der Waals surface area (Å²) in [5.74, 6) is 0.762. The molecule has 1 heterocycles. The van der Waals surface area contributed by atoms with Crippen LogP contribution in [0.2, 0.25) is 0 Å². The molecule has 0 saturated heterocycles. The maximum atomic E-state index is 5.30. The van der Waals surface area contributed by atoms with Gasteiger partial charge < -0.3 is 9.15 Å². The first-order valence-corrected chi connectivity index (χ1v) is 4.32. The summed E-state index contributed by atoms with van der Waals surface area (Å²) in [5.41, 5.74) is 0.784. The van der Waals surface area contributed by atoms with Crippen LogP contribution in [0, 0.1) is 0 Å². The molecule has 0 bridgehead atoms. The van der Waals surface area contributed by atoms with Crippen LogP contribution in [-0.4, -0.2) is 7.11 Å². The number of benzene rings is 1. The summed E-state index contributed by atoms with van der Waals surface area (Å²) >= 11 is 3.38. The van der Waals surface area contributed by atoms with Crippen molar-refractivity contribution in [2.24, 2.45) is 0 Å².